The zero-order valence-corrected chi connectivity index (χ0v) is 12.5. The van der Waals surface area contributed by atoms with Crippen molar-refractivity contribution in [3.8, 4) is 0 Å². The van der Waals surface area contributed by atoms with E-state index in [1.54, 1.807) is 0 Å². The predicted molar refractivity (Wildman–Crippen MR) is 79.9 cm³/mol. The van der Waals surface area contributed by atoms with Crippen LogP contribution in [0.15, 0.2) is 30.3 Å². The van der Waals surface area contributed by atoms with Crippen molar-refractivity contribution in [2.24, 2.45) is 5.92 Å². The Morgan fingerprint density at radius 3 is 2.77 bits per heavy atom. The average Bonchev–Trinajstić information content (AvgIpc) is 2.83. The number of hydrogen-bond acceptors (Lipinski definition) is 4. The van der Waals surface area contributed by atoms with E-state index in [1.807, 2.05) is 37.3 Å². The van der Waals surface area contributed by atoms with Crippen LogP contribution in [0, 0.1) is 5.92 Å². The highest BCUT2D eigenvalue weighted by atomic mass is 16.5. The summed E-state index contributed by atoms with van der Waals surface area (Å²) in [7, 11) is 0. The number of carbonyl (C=O) groups is 3. The van der Waals surface area contributed by atoms with Crippen LogP contribution in [0.5, 0.6) is 0 Å². The van der Waals surface area contributed by atoms with Crippen LogP contribution < -0.4 is 10.6 Å². The summed E-state index contributed by atoms with van der Waals surface area (Å²) in [6.45, 7) is 2.05. The van der Waals surface area contributed by atoms with Crippen molar-refractivity contribution in [3.05, 3.63) is 35.9 Å². The fourth-order valence-corrected chi connectivity index (χ4v) is 2.53. The maximum Gasteiger partial charge on any atom is 0.408 e. The van der Waals surface area contributed by atoms with Gasteiger partial charge in [0.25, 0.3) is 0 Å². The molecule has 0 spiro atoms. The molecule has 0 radical (unpaired) electrons. The Morgan fingerprint density at radius 1 is 1.45 bits per heavy atom. The molecule has 2 amide bonds. The van der Waals surface area contributed by atoms with Crippen LogP contribution in [0.25, 0.3) is 0 Å². The number of hydrogen-bond donors (Lipinski definition) is 2. The maximum atomic E-state index is 11.7. The molecule has 1 aliphatic rings. The molecule has 6 heteroatoms. The molecule has 1 fully saturated rings. The lowest BCUT2D eigenvalue weighted by molar-refractivity contribution is -0.123. The Hall–Kier alpha value is -2.37. The van der Waals surface area contributed by atoms with Crippen LogP contribution in [-0.2, 0) is 20.9 Å². The van der Waals surface area contributed by atoms with Gasteiger partial charge < -0.3 is 20.2 Å². The van der Waals surface area contributed by atoms with Crippen molar-refractivity contribution in [2.75, 3.05) is 0 Å². The van der Waals surface area contributed by atoms with Gasteiger partial charge in [-0.25, -0.2) is 4.79 Å². The Kier molecular flexibility index (Phi) is 5.52. The van der Waals surface area contributed by atoms with Crippen molar-refractivity contribution in [3.63, 3.8) is 0 Å². The Labute approximate surface area is 129 Å². The molecule has 0 unspecified atom stereocenters. The van der Waals surface area contributed by atoms with Gasteiger partial charge >= 0.3 is 6.09 Å². The Morgan fingerprint density at radius 2 is 2.18 bits per heavy atom. The van der Waals surface area contributed by atoms with Crippen molar-refractivity contribution >= 4 is 18.3 Å². The molecule has 2 N–H and O–H groups in total. The zero-order chi connectivity index (χ0) is 15.9. The number of carbonyl (C=O) groups excluding carboxylic acids is 3. The van der Waals surface area contributed by atoms with Crippen LogP contribution in [-0.4, -0.2) is 30.4 Å². The largest absolute Gasteiger partial charge is 0.445 e. The third-order valence-electron chi connectivity index (χ3n) is 3.62. The van der Waals surface area contributed by atoms with Gasteiger partial charge in [0.1, 0.15) is 12.9 Å². The minimum absolute atomic E-state index is 0.0706. The van der Waals surface area contributed by atoms with E-state index in [4.69, 9.17) is 4.74 Å². The second-order valence-electron chi connectivity index (χ2n) is 5.53. The maximum absolute atomic E-state index is 11.7. The number of amides is 2. The number of benzene rings is 1. The summed E-state index contributed by atoms with van der Waals surface area (Å²) in [5, 5.41) is 5.29. The van der Waals surface area contributed by atoms with Crippen LogP contribution in [0.4, 0.5) is 4.79 Å². The van der Waals surface area contributed by atoms with Gasteiger partial charge in [-0.05, 0) is 25.3 Å². The third kappa shape index (κ3) is 4.58. The van der Waals surface area contributed by atoms with Gasteiger partial charge in [-0.2, -0.15) is 0 Å². The van der Waals surface area contributed by atoms with Gasteiger partial charge in [-0.1, -0.05) is 30.3 Å². The quantitative estimate of drug-likeness (QED) is 0.778. The lowest BCUT2D eigenvalue weighted by Gasteiger charge is -2.15. The van der Waals surface area contributed by atoms with Crippen molar-refractivity contribution in [1.82, 2.24) is 10.6 Å². The second-order valence-corrected chi connectivity index (χ2v) is 5.53. The highest BCUT2D eigenvalue weighted by molar-refractivity contribution is 5.82. The van der Waals surface area contributed by atoms with E-state index >= 15 is 0 Å². The molecule has 3 atom stereocenters. The molecule has 118 valence electrons. The highest BCUT2D eigenvalue weighted by Gasteiger charge is 2.31. The van der Waals surface area contributed by atoms with Crippen LogP contribution in [0.2, 0.25) is 0 Å². The lowest BCUT2D eigenvalue weighted by Crippen LogP contribution is -2.38. The molecular formula is C16H20N2O4. The van der Waals surface area contributed by atoms with Crippen LogP contribution in [0.1, 0.15) is 25.3 Å². The number of alkyl carbamates (subject to hydrolysis) is 1. The van der Waals surface area contributed by atoms with Gasteiger partial charge in [0.15, 0.2) is 0 Å². The number of ether oxygens (including phenoxy) is 1. The lowest BCUT2D eigenvalue weighted by atomic mass is 9.97. The van der Waals surface area contributed by atoms with Gasteiger partial charge in [0.2, 0.25) is 5.91 Å². The molecule has 0 saturated carbocycles. The highest BCUT2D eigenvalue weighted by Crippen LogP contribution is 2.19. The third-order valence-corrected chi connectivity index (χ3v) is 3.62. The molecule has 22 heavy (non-hydrogen) atoms. The van der Waals surface area contributed by atoms with Crippen molar-refractivity contribution < 1.29 is 19.1 Å². The minimum Gasteiger partial charge on any atom is -0.445 e. The average molecular weight is 304 g/mol. The van der Waals surface area contributed by atoms with E-state index in [2.05, 4.69) is 10.6 Å². The Balaban J connectivity index is 1.78. The molecule has 0 aliphatic carbocycles. The summed E-state index contributed by atoms with van der Waals surface area (Å²) in [4.78, 5) is 34.5. The molecule has 1 aromatic rings. The van der Waals surface area contributed by atoms with E-state index in [1.165, 1.54) is 0 Å². The van der Waals surface area contributed by atoms with Crippen molar-refractivity contribution in [2.45, 2.75) is 38.5 Å². The minimum atomic E-state index is -0.718. The van der Waals surface area contributed by atoms with Gasteiger partial charge in [-0.3, -0.25) is 4.79 Å². The zero-order valence-electron chi connectivity index (χ0n) is 12.5. The molecule has 2 rings (SSSR count). The standard InChI is InChI=1S/C16H20N2O4/c1-11-7-13(15(20)17-11)8-14(9-19)18-16(21)22-10-12-5-3-2-4-6-12/h2-6,9,11,13-14H,7-8,10H2,1H3,(H,17,20)(H,18,21)/t11-,13+,14+/m1/s1. The molecule has 0 aromatic heterocycles. The molecule has 1 aromatic carbocycles. The SMILES string of the molecule is C[C@@H]1C[C@@H](C[C@@H](C=O)NC(=O)OCc2ccccc2)C(=O)N1. The normalized spacial score (nSPS) is 21.8. The summed E-state index contributed by atoms with van der Waals surface area (Å²) >= 11 is 0. The smallest absolute Gasteiger partial charge is 0.408 e. The molecular weight excluding hydrogens is 284 g/mol. The van der Waals surface area contributed by atoms with Gasteiger partial charge in [0.05, 0.1) is 6.04 Å². The van der Waals surface area contributed by atoms with Crippen molar-refractivity contribution in [1.29, 1.82) is 0 Å². The van der Waals surface area contributed by atoms with Crippen LogP contribution in [0.3, 0.4) is 0 Å². The Bertz CT molecular complexity index is 532. The summed E-state index contributed by atoms with van der Waals surface area (Å²) in [5.74, 6) is -0.321. The molecule has 1 saturated heterocycles. The second kappa shape index (κ2) is 7.59. The molecule has 0 bridgehead atoms. The summed E-state index contributed by atoms with van der Waals surface area (Å²) in [6.07, 6.45) is 0.941. The summed E-state index contributed by atoms with van der Waals surface area (Å²) in [5.41, 5.74) is 0.865. The number of nitrogens with one attached hydrogen (secondary N) is 2. The predicted octanol–water partition coefficient (Wildman–Crippen LogP) is 1.39. The first-order chi connectivity index (χ1) is 10.6. The molecule has 6 nitrogen and oxygen atoms in total. The monoisotopic (exact) mass is 304 g/mol. The molecule has 1 aliphatic heterocycles. The van der Waals surface area contributed by atoms with E-state index in [0.717, 1.165) is 5.56 Å². The van der Waals surface area contributed by atoms with E-state index < -0.39 is 12.1 Å². The fraction of sp³-hybridized carbons (Fsp3) is 0.438. The van der Waals surface area contributed by atoms with Gasteiger partial charge in [0, 0.05) is 12.0 Å². The first kappa shape index (κ1) is 16.0. The fourth-order valence-electron chi connectivity index (χ4n) is 2.53. The topological polar surface area (TPSA) is 84.5 Å². The number of rotatable bonds is 6. The van der Waals surface area contributed by atoms with Gasteiger partial charge in [-0.15, -0.1) is 0 Å². The summed E-state index contributed by atoms with van der Waals surface area (Å²) in [6, 6.07) is 8.65. The van der Waals surface area contributed by atoms with Crippen LogP contribution >= 0.6 is 0 Å². The van der Waals surface area contributed by atoms with E-state index in [-0.39, 0.29) is 24.5 Å². The summed E-state index contributed by atoms with van der Waals surface area (Å²) < 4.78 is 5.06. The molecule has 1 heterocycles. The first-order valence-electron chi connectivity index (χ1n) is 7.31. The van der Waals surface area contributed by atoms with E-state index in [9.17, 15) is 14.4 Å². The van der Waals surface area contributed by atoms with E-state index in [0.29, 0.717) is 19.1 Å². The first-order valence-corrected chi connectivity index (χ1v) is 7.31. The number of aldehydes is 1.